The molecule has 2 heterocycles. The number of ether oxygens (including phenoxy) is 1. The van der Waals surface area contributed by atoms with Crippen LogP contribution in [0.25, 0.3) is 0 Å². The molecule has 27 heavy (non-hydrogen) atoms. The maximum Gasteiger partial charge on any atom is 0.232 e. The van der Waals surface area contributed by atoms with Gasteiger partial charge in [-0.25, -0.2) is 4.98 Å². The molecule has 5 nitrogen and oxygen atoms in total. The van der Waals surface area contributed by atoms with E-state index >= 15 is 0 Å². The molecule has 5 fully saturated rings. The zero-order chi connectivity index (χ0) is 18.7. The van der Waals surface area contributed by atoms with Crippen molar-refractivity contribution in [3.05, 3.63) is 11.1 Å². The summed E-state index contributed by atoms with van der Waals surface area (Å²) in [4.78, 5) is 20.5. The van der Waals surface area contributed by atoms with Gasteiger partial charge in [0.05, 0.1) is 24.3 Å². The number of anilines is 1. The molecule has 1 saturated heterocycles. The molecule has 0 radical (unpaired) electrons. The standard InChI is InChI=1S/C21H31N3O2S/c1-19-7-15-8-20(2,12-19)14-21(9-15,13-19)17(25)23-18-22-16(11-27-18)10-24-3-5-26-6-4-24/h11,15H,3-10,12-14H2,1-2H3,(H,22,23,25). The lowest BCUT2D eigenvalue weighted by molar-refractivity contribution is -0.165. The van der Waals surface area contributed by atoms with Gasteiger partial charge in [-0.3, -0.25) is 9.69 Å². The number of carbonyl (C=O) groups is 1. The minimum absolute atomic E-state index is 0.168. The molecule has 148 valence electrons. The minimum atomic E-state index is -0.168. The van der Waals surface area contributed by atoms with E-state index in [9.17, 15) is 4.79 Å². The Morgan fingerprint density at radius 2 is 1.93 bits per heavy atom. The molecule has 4 aliphatic carbocycles. The van der Waals surface area contributed by atoms with Crippen molar-refractivity contribution in [3.63, 3.8) is 0 Å². The Hall–Kier alpha value is -0.980. The number of nitrogens with one attached hydrogen (secondary N) is 1. The molecule has 6 rings (SSSR count). The summed E-state index contributed by atoms with van der Waals surface area (Å²) in [7, 11) is 0. The maximum atomic E-state index is 13.4. The fourth-order valence-electron chi connectivity index (χ4n) is 7.36. The summed E-state index contributed by atoms with van der Waals surface area (Å²) in [5.74, 6) is 0.964. The van der Waals surface area contributed by atoms with E-state index in [4.69, 9.17) is 9.72 Å². The van der Waals surface area contributed by atoms with Crippen molar-refractivity contribution >= 4 is 22.4 Å². The summed E-state index contributed by atoms with van der Waals surface area (Å²) in [6, 6.07) is 0. The van der Waals surface area contributed by atoms with Crippen LogP contribution in [0.1, 0.15) is 58.1 Å². The van der Waals surface area contributed by atoms with Crippen molar-refractivity contribution in [1.29, 1.82) is 0 Å². The summed E-state index contributed by atoms with van der Waals surface area (Å²) in [6.07, 6.45) is 7.13. The first-order valence-electron chi connectivity index (χ1n) is 10.4. The second-order valence-corrected chi connectivity index (χ2v) is 11.3. The maximum absolute atomic E-state index is 13.4. The van der Waals surface area contributed by atoms with Crippen molar-refractivity contribution in [3.8, 4) is 0 Å². The highest BCUT2D eigenvalue weighted by Gasteiger charge is 2.62. The molecule has 0 spiro atoms. The zero-order valence-electron chi connectivity index (χ0n) is 16.6. The Labute approximate surface area is 165 Å². The van der Waals surface area contributed by atoms with Crippen molar-refractivity contribution in [2.45, 2.75) is 58.9 Å². The van der Waals surface area contributed by atoms with Gasteiger partial charge in [0.25, 0.3) is 0 Å². The van der Waals surface area contributed by atoms with Gasteiger partial charge in [-0.05, 0) is 55.3 Å². The van der Waals surface area contributed by atoms with Gasteiger partial charge in [0.2, 0.25) is 5.91 Å². The molecule has 6 heteroatoms. The summed E-state index contributed by atoms with van der Waals surface area (Å²) >= 11 is 1.57. The normalized spacial score (nSPS) is 41.0. The molecular weight excluding hydrogens is 358 g/mol. The van der Waals surface area contributed by atoms with E-state index in [1.807, 2.05) is 0 Å². The van der Waals surface area contributed by atoms with Crippen LogP contribution < -0.4 is 5.32 Å². The van der Waals surface area contributed by atoms with Crippen LogP contribution in [0.4, 0.5) is 5.13 Å². The summed E-state index contributed by atoms with van der Waals surface area (Å²) in [5, 5.41) is 6.08. The Morgan fingerprint density at radius 1 is 1.22 bits per heavy atom. The average molecular weight is 390 g/mol. The molecule has 4 bridgehead atoms. The topological polar surface area (TPSA) is 54.5 Å². The third-order valence-electron chi connectivity index (χ3n) is 7.37. The zero-order valence-corrected chi connectivity index (χ0v) is 17.4. The van der Waals surface area contributed by atoms with Gasteiger partial charge >= 0.3 is 0 Å². The van der Waals surface area contributed by atoms with E-state index in [-0.39, 0.29) is 11.3 Å². The Balaban J connectivity index is 1.28. The van der Waals surface area contributed by atoms with Crippen molar-refractivity contribution in [2.24, 2.45) is 22.2 Å². The van der Waals surface area contributed by atoms with Gasteiger partial charge in [0, 0.05) is 25.0 Å². The van der Waals surface area contributed by atoms with Gasteiger partial charge in [0.15, 0.2) is 5.13 Å². The number of amides is 1. The fourth-order valence-corrected chi connectivity index (χ4v) is 8.05. The molecule has 1 amide bonds. The number of hydrogen-bond donors (Lipinski definition) is 1. The molecule has 0 aromatic carbocycles. The van der Waals surface area contributed by atoms with Crippen LogP contribution in [-0.2, 0) is 16.1 Å². The Kier molecular flexibility index (Phi) is 4.19. The Morgan fingerprint density at radius 3 is 2.59 bits per heavy atom. The molecule has 1 aliphatic heterocycles. The largest absolute Gasteiger partial charge is 0.379 e. The third kappa shape index (κ3) is 3.34. The second kappa shape index (κ2) is 6.26. The number of morpholine rings is 1. The first-order chi connectivity index (χ1) is 12.9. The van der Waals surface area contributed by atoms with E-state index < -0.39 is 0 Å². The summed E-state index contributed by atoms with van der Waals surface area (Å²) in [5.41, 5.74) is 1.60. The molecular formula is C21H31N3O2S. The quantitative estimate of drug-likeness (QED) is 0.848. The summed E-state index contributed by atoms with van der Waals surface area (Å²) in [6.45, 7) is 9.20. The van der Waals surface area contributed by atoms with E-state index in [2.05, 4.69) is 29.4 Å². The molecule has 2 unspecified atom stereocenters. The van der Waals surface area contributed by atoms with Crippen LogP contribution in [0.3, 0.4) is 0 Å². The van der Waals surface area contributed by atoms with E-state index in [0.29, 0.717) is 10.8 Å². The smallest absolute Gasteiger partial charge is 0.232 e. The number of aromatic nitrogens is 1. The molecule has 1 aromatic rings. The first kappa shape index (κ1) is 18.1. The second-order valence-electron chi connectivity index (χ2n) is 10.4. The number of rotatable bonds is 4. The van der Waals surface area contributed by atoms with Crippen LogP contribution in [0.2, 0.25) is 0 Å². The van der Waals surface area contributed by atoms with Crippen molar-refractivity contribution in [1.82, 2.24) is 9.88 Å². The van der Waals surface area contributed by atoms with E-state index in [1.165, 1.54) is 19.3 Å². The lowest BCUT2D eigenvalue weighted by atomic mass is 9.40. The average Bonchev–Trinajstić information content (AvgIpc) is 2.99. The minimum Gasteiger partial charge on any atom is -0.379 e. The summed E-state index contributed by atoms with van der Waals surface area (Å²) < 4.78 is 5.41. The van der Waals surface area contributed by atoms with Crippen LogP contribution >= 0.6 is 11.3 Å². The van der Waals surface area contributed by atoms with Crippen LogP contribution in [0, 0.1) is 22.2 Å². The van der Waals surface area contributed by atoms with Crippen LogP contribution in [-0.4, -0.2) is 42.1 Å². The van der Waals surface area contributed by atoms with E-state index in [0.717, 1.165) is 68.9 Å². The number of carbonyl (C=O) groups excluding carboxylic acids is 1. The van der Waals surface area contributed by atoms with Crippen molar-refractivity contribution < 1.29 is 9.53 Å². The highest BCUT2D eigenvalue weighted by molar-refractivity contribution is 7.13. The molecule has 4 saturated carbocycles. The van der Waals surface area contributed by atoms with Gasteiger partial charge in [0.1, 0.15) is 0 Å². The number of thiazole rings is 1. The number of hydrogen-bond acceptors (Lipinski definition) is 5. The van der Waals surface area contributed by atoms with Crippen LogP contribution in [0.5, 0.6) is 0 Å². The van der Waals surface area contributed by atoms with Gasteiger partial charge in [-0.15, -0.1) is 11.3 Å². The Bertz CT molecular complexity index is 724. The number of nitrogens with zero attached hydrogens (tertiary/aromatic N) is 2. The highest BCUT2D eigenvalue weighted by Crippen LogP contribution is 2.69. The fraction of sp³-hybridized carbons (Fsp3) is 0.810. The van der Waals surface area contributed by atoms with Gasteiger partial charge in [-0.1, -0.05) is 13.8 Å². The molecule has 1 aromatic heterocycles. The van der Waals surface area contributed by atoms with Crippen LogP contribution in [0.15, 0.2) is 5.38 Å². The predicted molar refractivity (Wildman–Crippen MR) is 107 cm³/mol. The SMILES string of the molecule is CC12CC3CC(C)(C1)CC(C(=O)Nc1nc(CN4CCOCC4)cs1)(C3)C2. The molecule has 5 aliphatic rings. The van der Waals surface area contributed by atoms with E-state index in [1.54, 1.807) is 11.3 Å². The van der Waals surface area contributed by atoms with Crippen molar-refractivity contribution in [2.75, 3.05) is 31.6 Å². The third-order valence-corrected chi connectivity index (χ3v) is 8.18. The molecule has 2 atom stereocenters. The predicted octanol–water partition coefficient (Wildman–Crippen LogP) is 3.91. The van der Waals surface area contributed by atoms with Gasteiger partial charge in [-0.2, -0.15) is 0 Å². The highest BCUT2D eigenvalue weighted by atomic mass is 32.1. The van der Waals surface area contributed by atoms with Gasteiger partial charge < -0.3 is 10.1 Å². The molecule has 1 N–H and O–H groups in total. The first-order valence-corrected chi connectivity index (χ1v) is 11.3. The monoisotopic (exact) mass is 389 g/mol. The lowest BCUT2D eigenvalue weighted by Gasteiger charge is -2.64. The lowest BCUT2D eigenvalue weighted by Crippen LogP contribution is -2.58.